The molecule has 4 heterocycles. The Bertz CT molecular complexity index is 1590. The van der Waals surface area contributed by atoms with Crippen LogP contribution in [0, 0.1) is 12.4 Å². The SMILES string of the molecule is [C-]#[N+]C[C@H]1CN(c2nc(OC[C@@H]3C[C@@H](F)CN3C)nc3c(F)c(-c4cncc5c4CCCC5)ccc23)CCN1C(=O)C=C. The van der Waals surface area contributed by atoms with E-state index in [4.69, 9.17) is 16.3 Å². The van der Waals surface area contributed by atoms with Crippen molar-refractivity contribution < 1.29 is 18.3 Å². The number of fused-ring (bicyclic) bond motifs is 2. The van der Waals surface area contributed by atoms with E-state index in [1.54, 1.807) is 17.2 Å². The van der Waals surface area contributed by atoms with E-state index in [-0.39, 0.29) is 42.7 Å². The Labute approximate surface area is 250 Å². The van der Waals surface area contributed by atoms with Crippen molar-refractivity contribution in [3.63, 3.8) is 0 Å². The Kier molecular flexibility index (Phi) is 8.21. The van der Waals surface area contributed by atoms with Crippen molar-refractivity contribution in [3.05, 3.63) is 65.5 Å². The maximum absolute atomic E-state index is 16.6. The van der Waals surface area contributed by atoms with Crippen LogP contribution in [0.5, 0.6) is 6.01 Å². The summed E-state index contributed by atoms with van der Waals surface area (Å²) in [5.74, 6) is -0.235. The van der Waals surface area contributed by atoms with Gasteiger partial charge in [-0.05, 0) is 62.4 Å². The van der Waals surface area contributed by atoms with Gasteiger partial charge in [0.1, 0.15) is 30.2 Å². The van der Waals surface area contributed by atoms with Gasteiger partial charge in [-0.2, -0.15) is 9.97 Å². The molecule has 0 saturated carbocycles. The van der Waals surface area contributed by atoms with Gasteiger partial charge >= 0.3 is 6.01 Å². The Balaban J connectivity index is 1.42. The summed E-state index contributed by atoms with van der Waals surface area (Å²) in [4.78, 5) is 35.3. The van der Waals surface area contributed by atoms with E-state index in [1.807, 2.05) is 29.1 Å². The number of benzene rings is 1. The zero-order chi connectivity index (χ0) is 30.1. The first-order chi connectivity index (χ1) is 20.9. The van der Waals surface area contributed by atoms with Crippen LogP contribution in [-0.4, -0.2) is 95.3 Å². The zero-order valence-electron chi connectivity index (χ0n) is 24.3. The molecule has 2 aliphatic heterocycles. The van der Waals surface area contributed by atoms with Crippen LogP contribution in [0.1, 0.15) is 30.4 Å². The fraction of sp³-hybridized carbons (Fsp3) is 0.469. The van der Waals surface area contributed by atoms with Crippen molar-refractivity contribution in [3.8, 4) is 17.1 Å². The molecule has 1 amide bonds. The molecule has 1 aliphatic carbocycles. The van der Waals surface area contributed by atoms with E-state index < -0.39 is 12.0 Å². The summed E-state index contributed by atoms with van der Waals surface area (Å²) in [5.41, 5.74) is 3.60. The van der Waals surface area contributed by atoms with E-state index in [0.717, 1.165) is 42.4 Å². The lowest BCUT2D eigenvalue weighted by atomic mass is 9.87. The zero-order valence-corrected chi connectivity index (χ0v) is 24.3. The van der Waals surface area contributed by atoms with Crippen LogP contribution < -0.4 is 9.64 Å². The molecular weight excluding hydrogens is 552 g/mol. The van der Waals surface area contributed by atoms with E-state index >= 15 is 4.39 Å². The molecule has 11 heteroatoms. The number of ether oxygens (including phenoxy) is 1. The van der Waals surface area contributed by atoms with Crippen molar-refractivity contribution in [2.45, 2.75) is 50.4 Å². The quantitative estimate of drug-likeness (QED) is 0.302. The molecule has 2 saturated heterocycles. The third-order valence-electron chi connectivity index (χ3n) is 8.91. The van der Waals surface area contributed by atoms with Gasteiger partial charge in [-0.3, -0.25) is 14.7 Å². The fourth-order valence-corrected chi connectivity index (χ4v) is 6.62. The molecule has 0 radical (unpaired) electrons. The molecule has 2 fully saturated rings. The van der Waals surface area contributed by atoms with Gasteiger partial charge in [0.05, 0.1) is 0 Å². The number of piperazine rings is 1. The summed E-state index contributed by atoms with van der Waals surface area (Å²) in [6, 6.07) is 3.07. The lowest BCUT2D eigenvalue weighted by Gasteiger charge is -2.39. The molecule has 3 aliphatic rings. The van der Waals surface area contributed by atoms with E-state index in [1.165, 1.54) is 6.08 Å². The predicted octanol–water partition coefficient (Wildman–Crippen LogP) is 4.25. The number of hydrogen-bond donors (Lipinski definition) is 0. The van der Waals surface area contributed by atoms with Crippen molar-refractivity contribution >= 4 is 22.6 Å². The lowest BCUT2D eigenvalue weighted by molar-refractivity contribution is -0.128. The second-order valence-electron chi connectivity index (χ2n) is 11.6. The maximum atomic E-state index is 16.6. The monoisotopic (exact) mass is 587 g/mol. The number of carbonyl (C=O) groups excluding carboxylic acids is 1. The fourth-order valence-electron chi connectivity index (χ4n) is 6.62. The van der Waals surface area contributed by atoms with Gasteiger partial charge in [-0.1, -0.05) is 12.6 Å². The summed E-state index contributed by atoms with van der Waals surface area (Å²) in [6.45, 7) is 12.8. The molecule has 6 rings (SSSR count). The first kappa shape index (κ1) is 28.9. The van der Waals surface area contributed by atoms with Gasteiger partial charge in [0, 0.05) is 61.1 Å². The second kappa shape index (κ2) is 12.2. The highest BCUT2D eigenvalue weighted by Crippen LogP contribution is 2.37. The number of likely N-dealkylation sites (N-methyl/N-ethyl adjacent to an activating group) is 1. The minimum Gasteiger partial charge on any atom is -0.462 e. The number of likely N-dealkylation sites (tertiary alicyclic amines) is 1. The van der Waals surface area contributed by atoms with E-state index in [2.05, 4.69) is 21.4 Å². The van der Waals surface area contributed by atoms with E-state index in [0.29, 0.717) is 49.4 Å². The Morgan fingerprint density at radius 2 is 2.00 bits per heavy atom. The van der Waals surface area contributed by atoms with Crippen LogP contribution in [0.15, 0.2) is 37.2 Å². The van der Waals surface area contributed by atoms with Crippen molar-refractivity contribution in [2.75, 3.05) is 51.3 Å². The third kappa shape index (κ3) is 5.64. The highest BCUT2D eigenvalue weighted by atomic mass is 19.1. The van der Waals surface area contributed by atoms with Gasteiger partial charge in [0.2, 0.25) is 12.5 Å². The minimum atomic E-state index is -0.925. The number of carbonyl (C=O) groups is 1. The normalized spacial score (nSPS) is 22.3. The van der Waals surface area contributed by atoms with Gasteiger partial charge in [0.25, 0.3) is 0 Å². The average Bonchev–Trinajstić information content (AvgIpc) is 3.35. The molecule has 43 heavy (non-hydrogen) atoms. The van der Waals surface area contributed by atoms with Crippen LogP contribution in [0.2, 0.25) is 0 Å². The first-order valence-electron chi connectivity index (χ1n) is 14.8. The predicted molar refractivity (Wildman–Crippen MR) is 160 cm³/mol. The second-order valence-corrected chi connectivity index (χ2v) is 11.6. The molecule has 9 nitrogen and oxygen atoms in total. The Morgan fingerprint density at radius 1 is 1.16 bits per heavy atom. The summed E-state index contributed by atoms with van der Waals surface area (Å²) in [7, 11) is 1.85. The number of hydrogen-bond acceptors (Lipinski definition) is 7. The Hall–Kier alpha value is -4.17. The standard InChI is InChI=1S/C32H35F2N7O2/c1-4-28(42)41-12-11-40(18-23(41)15-35-2)31-26-10-9-25(27-16-36-14-20-7-5-6-8-24(20)27)29(34)30(26)37-32(38-31)43-19-22-13-21(33)17-39(22)3/h4,9-10,14,16,21-23H,1,5-8,11-13,15,17-19H2,3H3/t21-,22+,23+/m1/s1. The summed E-state index contributed by atoms with van der Waals surface area (Å²) < 4.78 is 36.6. The molecule has 0 N–H and O–H groups in total. The van der Waals surface area contributed by atoms with Gasteiger partial charge < -0.3 is 19.4 Å². The average molecular weight is 588 g/mol. The Morgan fingerprint density at radius 3 is 2.77 bits per heavy atom. The number of rotatable bonds is 7. The first-order valence-corrected chi connectivity index (χ1v) is 14.8. The van der Waals surface area contributed by atoms with Gasteiger partial charge in [-0.25, -0.2) is 15.4 Å². The highest BCUT2D eigenvalue weighted by molar-refractivity contribution is 5.94. The lowest BCUT2D eigenvalue weighted by Crippen LogP contribution is -2.56. The third-order valence-corrected chi connectivity index (χ3v) is 8.91. The highest BCUT2D eigenvalue weighted by Gasteiger charge is 2.34. The van der Waals surface area contributed by atoms with Crippen LogP contribution in [-0.2, 0) is 17.6 Å². The van der Waals surface area contributed by atoms with E-state index in [9.17, 15) is 9.18 Å². The molecular formula is C32H35F2N7O2. The van der Waals surface area contributed by atoms with Gasteiger partial charge in [0.15, 0.2) is 5.82 Å². The molecule has 0 unspecified atom stereocenters. The molecule has 0 bridgehead atoms. The van der Waals surface area contributed by atoms with Gasteiger partial charge in [-0.15, -0.1) is 0 Å². The number of aryl methyl sites for hydroxylation is 1. The molecule has 3 aromatic rings. The number of alkyl halides is 1. The van der Waals surface area contributed by atoms with Crippen LogP contribution in [0.4, 0.5) is 14.6 Å². The number of pyridine rings is 1. The number of anilines is 1. The maximum Gasteiger partial charge on any atom is 0.319 e. The van der Waals surface area contributed by atoms with Crippen LogP contribution in [0.25, 0.3) is 26.9 Å². The number of nitrogens with zero attached hydrogens (tertiary/aromatic N) is 7. The largest absolute Gasteiger partial charge is 0.462 e. The molecule has 0 spiro atoms. The minimum absolute atomic E-state index is 0.00815. The number of halogens is 2. The van der Waals surface area contributed by atoms with Crippen molar-refractivity contribution in [1.82, 2.24) is 24.8 Å². The topological polar surface area (TPSA) is 79.1 Å². The van der Waals surface area contributed by atoms with Crippen molar-refractivity contribution in [1.29, 1.82) is 0 Å². The molecule has 2 aromatic heterocycles. The summed E-state index contributed by atoms with van der Waals surface area (Å²) >= 11 is 0. The molecule has 224 valence electrons. The molecule has 1 aromatic carbocycles. The van der Waals surface area contributed by atoms with Crippen molar-refractivity contribution in [2.24, 2.45) is 0 Å². The van der Waals surface area contributed by atoms with Crippen LogP contribution >= 0.6 is 0 Å². The summed E-state index contributed by atoms with van der Waals surface area (Å²) in [5, 5.41) is 0.512. The smallest absolute Gasteiger partial charge is 0.319 e. The number of aromatic nitrogens is 3. The van der Waals surface area contributed by atoms with Crippen LogP contribution in [0.3, 0.4) is 0 Å². The summed E-state index contributed by atoms with van der Waals surface area (Å²) in [6.07, 6.45) is 8.22. The molecule has 3 atom stereocenters. The number of amides is 1.